The van der Waals surface area contributed by atoms with Gasteiger partial charge >= 0.3 is 67.3 Å². The van der Waals surface area contributed by atoms with Gasteiger partial charge in [0, 0.05) is 0 Å². The molecule has 0 atom stereocenters. The van der Waals surface area contributed by atoms with Crippen molar-refractivity contribution < 1.29 is 5.21 Å². The molecule has 0 radical (unpaired) electrons. The van der Waals surface area contributed by atoms with Crippen molar-refractivity contribution in [3.63, 3.8) is 0 Å². The van der Waals surface area contributed by atoms with Crippen molar-refractivity contribution in [2.75, 3.05) is 0 Å². The van der Waals surface area contributed by atoms with Crippen LogP contribution in [0.3, 0.4) is 0 Å². The fourth-order valence-electron chi connectivity index (χ4n) is 0. The Morgan fingerprint density at radius 2 is 1.60 bits per heavy atom. The molecule has 5 heteroatoms. The summed E-state index contributed by atoms with van der Waals surface area (Å²) in [5.41, 5.74) is 0. The Bertz CT molecular complexity index is 17.1. The molecule has 5 heavy (non-hydrogen) atoms. The van der Waals surface area contributed by atoms with Crippen LogP contribution in [-0.4, -0.2) is 72.5 Å². The van der Waals surface area contributed by atoms with Gasteiger partial charge in [-0.15, -0.1) is 4.91 Å². The minimum absolute atomic E-state index is 0. The normalized spacial score (nSPS) is 2.40. The third kappa shape index (κ3) is 27.5. The van der Waals surface area contributed by atoms with Gasteiger partial charge in [0.25, 0.3) is 0 Å². The van der Waals surface area contributed by atoms with Gasteiger partial charge in [-0.05, 0) is 0 Å². The molecule has 0 aliphatic carbocycles. The van der Waals surface area contributed by atoms with E-state index in [0.29, 0.717) is 0 Å². The fraction of sp³-hybridized carbons (Fsp3) is 0. The van der Waals surface area contributed by atoms with Gasteiger partial charge in [0.15, 0.2) is 5.34 Å². The number of nitrogens with zero attached hydrogens (tertiary/aromatic N) is 1. The van der Waals surface area contributed by atoms with Crippen LogP contribution in [0.15, 0.2) is 5.34 Å². The van der Waals surface area contributed by atoms with Crippen LogP contribution >= 0.6 is 0 Å². The third-order valence-electron chi connectivity index (χ3n) is 0. The SMILES string of the molecule is O=NO.[CaH2].[NaH]. The Balaban J connectivity index is -0.0000000200. The van der Waals surface area contributed by atoms with Gasteiger partial charge in [-0.25, -0.2) is 0 Å². The van der Waals surface area contributed by atoms with Crippen molar-refractivity contribution in [1.29, 1.82) is 0 Å². The molecule has 0 aromatic heterocycles. The molecule has 1 N–H and O–H groups in total. The zero-order chi connectivity index (χ0) is 2.71. The molecule has 0 unspecified atom stereocenters. The van der Waals surface area contributed by atoms with Crippen molar-refractivity contribution in [2.45, 2.75) is 0 Å². The average Bonchev–Trinajstić information content (AvgIpc) is 0.918. The van der Waals surface area contributed by atoms with Crippen LogP contribution in [0.5, 0.6) is 0 Å². The third-order valence-corrected chi connectivity index (χ3v) is 0. The summed E-state index contributed by atoms with van der Waals surface area (Å²) in [6.07, 6.45) is 0. The predicted molar refractivity (Wildman–Crippen MR) is 23.3 cm³/mol. The van der Waals surface area contributed by atoms with Crippen molar-refractivity contribution in [3.8, 4) is 0 Å². The van der Waals surface area contributed by atoms with E-state index < -0.39 is 0 Å². The quantitative estimate of drug-likeness (QED) is 0.238. The summed E-state index contributed by atoms with van der Waals surface area (Å²) in [5, 5.41) is 7.89. The molecule has 0 aliphatic heterocycles. The Hall–Kier alpha value is 1.66. The van der Waals surface area contributed by atoms with E-state index in [4.69, 9.17) is 10.1 Å². The molecule has 0 saturated heterocycles. The molecular weight excluding hydrogens is 109 g/mol. The zero-order valence-corrected chi connectivity index (χ0v) is 1.30. The zero-order valence-electron chi connectivity index (χ0n) is 1.30. The van der Waals surface area contributed by atoms with E-state index in [1.807, 2.05) is 0 Å². The monoisotopic (exact) mass is 113 g/mol. The van der Waals surface area contributed by atoms with E-state index in [-0.39, 0.29) is 67.3 Å². The summed E-state index contributed by atoms with van der Waals surface area (Å²) in [5.74, 6) is 0. The first-order chi connectivity index (χ1) is 1.41. The number of hydrogen-bond acceptors (Lipinski definition) is 2. The van der Waals surface area contributed by atoms with E-state index in [9.17, 15) is 0 Å². The second kappa shape index (κ2) is 17.4. The topological polar surface area (TPSA) is 49.7 Å². The molecule has 0 amide bonds. The molecule has 0 fully saturated rings. The molecule has 0 bridgehead atoms. The van der Waals surface area contributed by atoms with E-state index in [2.05, 4.69) is 0 Å². The summed E-state index contributed by atoms with van der Waals surface area (Å²) in [6.45, 7) is 0. The summed E-state index contributed by atoms with van der Waals surface area (Å²) < 4.78 is 0. The number of hydrogen-bond donors (Lipinski definition) is 1. The van der Waals surface area contributed by atoms with Crippen molar-refractivity contribution in [1.82, 2.24) is 0 Å². The Morgan fingerprint density at radius 1 is 1.60 bits per heavy atom. The van der Waals surface area contributed by atoms with Crippen LogP contribution in [0, 0.1) is 4.91 Å². The van der Waals surface area contributed by atoms with Crippen LogP contribution in [0.25, 0.3) is 0 Å². The molecule has 0 spiro atoms. The summed E-state index contributed by atoms with van der Waals surface area (Å²) in [6, 6.07) is 0. The maximum absolute atomic E-state index is 8.11. The van der Waals surface area contributed by atoms with Gasteiger partial charge in [-0.3, -0.25) is 0 Å². The van der Waals surface area contributed by atoms with Gasteiger partial charge in [-0.1, -0.05) is 0 Å². The van der Waals surface area contributed by atoms with Gasteiger partial charge in [0.1, 0.15) is 0 Å². The minimum atomic E-state index is 0. The van der Waals surface area contributed by atoms with E-state index in [1.165, 1.54) is 5.34 Å². The average molecular weight is 113 g/mol. The molecule has 0 aliphatic rings. The first-order valence-electron chi connectivity index (χ1n) is 0.383. The van der Waals surface area contributed by atoms with Crippen molar-refractivity contribution >= 4 is 67.3 Å². The first kappa shape index (κ1) is 15.9. The van der Waals surface area contributed by atoms with Crippen molar-refractivity contribution in [3.05, 3.63) is 4.91 Å². The van der Waals surface area contributed by atoms with Crippen LogP contribution in [0.1, 0.15) is 0 Å². The van der Waals surface area contributed by atoms with E-state index >= 15 is 0 Å². The summed E-state index contributed by atoms with van der Waals surface area (Å²) in [4.78, 5) is 8.11. The molecule has 0 saturated carbocycles. The molecule has 0 aromatic rings. The van der Waals surface area contributed by atoms with Gasteiger partial charge in [0.2, 0.25) is 0 Å². The second-order valence-electron chi connectivity index (χ2n) is 0.0816. The molecule has 24 valence electrons. The van der Waals surface area contributed by atoms with Gasteiger partial charge in [0.05, 0.1) is 0 Å². The van der Waals surface area contributed by atoms with Crippen LogP contribution in [0.2, 0.25) is 0 Å². The molecule has 3 nitrogen and oxygen atoms in total. The van der Waals surface area contributed by atoms with E-state index in [0.717, 1.165) is 0 Å². The van der Waals surface area contributed by atoms with Gasteiger partial charge in [-0.2, -0.15) is 0 Å². The molecule has 0 aromatic carbocycles. The molecule has 0 heterocycles. The second-order valence-corrected chi connectivity index (χ2v) is 0.0816. The summed E-state index contributed by atoms with van der Waals surface area (Å²) in [7, 11) is 0. The maximum atomic E-state index is 8.11. The van der Waals surface area contributed by atoms with Crippen LogP contribution in [-0.2, 0) is 0 Å². The Morgan fingerprint density at radius 3 is 1.60 bits per heavy atom. The van der Waals surface area contributed by atoms with Gasteiger partial charge < -0.3 is 5.21 Å². The Kier molecular flexibility index (Phi) is 55.3. The standard InChI is InChI=1S/Ca.HNO2.Na.3H/c;2-1-3;;;;/h;(H,2,3);;;;. The first-order valence-corrected chi connectivity index (χ1v) is 0.383. The van der Waals surface area contributed by atoms with Crippen LogP contribution < -0.4 is 0 Å². The summed E-state index contributed by atoms with van der Waals surface area (Å²) >= 11 is 0. The predicted octanol–water partition coefficient (Wildman–Crippen LogP) is -1.42. The van der Waals surface area contributed by atoms with Crippen LogP contribution in [0.4, 0.5) is 0 Å². The number of rotatable bonds is 0. The van der Waals surface area contributed by atoms with Crippen molar-refractivity contribution in [2.24, 2.45) is 5.34 Å². The molecular formula is H4CaNNaO2. The molecule has 0 rings (SSSR count). The van der Waals surface area contributed by atoms with E-state index in [1.54, 1.807) is 0 Å². The fourth-order valence-corrected chi connectivity index (χ4v) is 0. The Labute approximate surface area is 81.3 Å².